The van der Waals surface area contributed by atoms with E-state index in [0.29, 0.717) is 19.3 Å². The quantitative estimate of drug-likeness (QED) is 0.0197. The standard InChI is InChI=1S/C62H105O11P/c1-4-7-10-13-16-19-22-25-27-28-29-30-32-35-38-41-44-47-50-53-62(66)73-59(55-69-60(64)51-48-45-42-39-36-33-24-21-18-15-12-9-6-3)57-71-74(67,68)70-56-58(54-63)72-61(65)52-49-46-43-40-37-34-31-26-23-20-17-14-11-8-5-2/h8,11-12,15-17,19-21,24-27,31,37,40,58-59,63H,4-7,9-10,13-14,18,22-23,28-30,32-36,38-39,41-57H2,1-3H3,(H,67,68)/b11-8-,15-12-,19-16-,20-17-,24-21-,27-25-,31-26-,40-37-. The van der Waals surface area contributed by atoms with E-state index in [4.69, 9.17) is 23.3 Å². The molecule has 2 N–H and O–H groups in total. The van der Waals surface area contributed by atoms with Crippen molar-refractivity contribution in [2.75, 3.05) is 26.4 Å². The summed E-state index contributed by atoms with van der Waals surface area (Å²) < 4.78 is 39.5. The van der Waals surface area contributed by atoms with E-state index in [1.807, 2.05) is 0 Å². The highest BCUT2D eigenvalue weighted by Crippen LogP contribution is 2.43. The van der Waals surface area contributed by atoms with E-state index < -0.39 is 57.8 Å². The molecule has 0 saturated carbocycles. The smallest absolute Gasteiger partial charge is 0.462 e. The molecule has 74 heavy (non-hydrogen) atoms. The van der Waals surface area contributed by atoms with Crippen molar-refractivity contribution in [3.05, 3.63) is 97.2 Å². The SMILES string of the molecule is CC/C=C\C/C=C\C/C=C\C/C=C\CCCCC(=O)OC(CO)COP(=O)(O)OCC(COC(=O)CCCCCCC/C=C\C/C=C\CCC)OC(=O)CCCCCCCCCCC/C=C\C/C=C\CCCCC. The molecule has 0 aliphatic carbocycles. The number of phosphoric ester groups is 1. The largest absolute Gasteiger partial charge is 0.472 e. The lowest BCUT2D eigenvalue weighted by atomic mass is 10.1. The number of unbranched alkanes of at least 4 members (excludes halogenated alkanes) is 20. The molecule has 0 fully saturated rings. The van der Waals surface area contributed by atoms with Crippen LogP contribution in [-0.2, 0) is 42.2 Å². The van der Waals surface area contributed by atoms with Crippen molar-refractivity contribution < 1.29 is 52.2 Å². The van der Waals surface area contributed by atoms with Gasteiger partial charge in [-0.05, 0) is 116 Å². The summed E-state index contributed by atoms with van der Waals surface area (Å²) in [4.78, 5) is 48.5. The number of aliphatic hydroxyl groups is 1. The van der Waals surface area contributed by atoms with Crippen LogP contribution in [0.25, 0.3) is 0 Å². The van der Waals surface area contributed by atoms with Crippen molar-refractivity contribution in [1.29, 1.82) is 0 Å². The third-order valence-corrected chi connectivity index (χ3v) is 12.9. The molecular formula is C62H105O11P. The van der Waals surface area contributed by atoms with Gasteiger partial charge in [-0.1, -0.05) is 201 Å². The summed E-state index contributed by atoms with van der Waals surface area (Å²) in [7, 11) is -4.77. The summed E-state index contributed by atoms with van der Waals surface area (Å²) in [6, 6.07) is 0. The van der Waals surface area contributed by atoms with Crippen LogP contribution in [0.3, 0.4) is 0 Å². The number of aliphatic hydroxyl groups excluding tert-OH is 1. The van der Waals surface area contributed by atoms with Crippen LogP contribution in [0.5, 0.6) is 0 Å². The number of hydrogen-bond donors (Lipinski definition) is 2. The predicted molar refractivity (Wildman–Crippen MR) is 307 cm³/mol. The molecule has 0 amide bonds. The fourth-order valence-corrected chi connectivity index (χ4v) is 8.32. The maximum Gasteiger partial charge on any atom is 0.472 e. The molecule has 0 saturated heterocycles. The van der Waals surface area contributed by atoms with E-state index in [9.17, 15) is 28.9 Å². The third kappa shape index (κ3) is 53.2. The van der Waals surface area contributed by atoms with E-state index in [-0.39, 0.29) is 25.9 Å². The van der Waals surface area contributed by atoms with Gasteiger partial charge in [0.15, 0.2) is 6.10 Å². The molecule has 3 unspecified atom stereocenters. The lowest BCUT2D eigenvalue weighted by Crippen LogP contribution is -2.30. The number of phosphoric acid groups is 1. The van der Waals surface area contributed by atoms with Gasteiger partial charge in [0.1, 0.15) is 12.7 Å². The zero-order chi connectivity index (χ0) is 54.1. The van der Waals surface area contributed by atoms with Crippen molar-refractivity contribution in [3.63, 3.8) is 0 Å². The van der Waals surface area contributed by atoms with Crippen molar-refractivity contribution in [2.24, 2.45) is 0 Å². The van der Waals surface area contributed by atoms with Crippen molar-refractivity contribution in [1.82, 2.24) is 0 Å². The van der Waals surface area contributed by atoms with Gasteiger partial charge >= 0.3 is 25.7 Å². The number of carbonyl (C=O) groups excluding carboxylic acids is 3. The molecule has 11 nitrogen and oxygen atoms in total. The summed E-state index contributed by atoms with van der Waals surface area (Å²) in [5.41, 5.74) is 0. The van der Waals surface area contributed by atoms with Gasteiger partial charge in [0, 0.05) is 19.3 Å². The minimum absolute atomic E-state index is 0.120. The van der Waals surface area contributed by atoms with Gasteiger partial charge in [-0.15, -0.1) is 0 Å². The van der Waals surface area contributed by atoms with Crippen LogP contribution in [0.4, 0.5) is 0 Å². The second-order valence-corrected chi connectivity index (χ2v) is 20.5. The van der Waals surface area contributed by atoms with Gasteiger partial charge < -0.3 is 24.2 Å². The Morgan fingerprint density at radius 1 is 0.392 bits per heavy atom. The molecule has 0 radical (unpaired) electrons. The zero-order valence-electron chi connectivity index (χ0n) is 46.8. The first-order valence-electron chi connectivity index (χ1n) is 29.1. The molecule has 0 bridgehead atoms. The van der Waals surface area contributed by atoms with Crippen LogP contribution < -0.4 is 0 Å². The number of hydrogen-bond acceptors (Lipinski definition) is 10. The molecule has 0 aliphatic heterocycles. The number of ether oxygens (including phenoxy) is 3. The first-order valence-corrected chi connectivity index (χ1v) is 30.6. The van der Waals surface area contributed by atoms with Gasteiger partial charge in [0.05, 0.1) is 19.8 Å². The van der Waals surface area contributed by atoms with Gasteiger partial charge in [0.25, 0.3) is 0 Å². The maximum atomic E-state index is 12.9. The molecular weight excluding hydrogens is 952 g/mol. The predicted octanol–water partition coefficient (Wildman–Crippen LogP) is 17.3. The molecule has 0 aromatic heterocycles. The molecule has 0 aliphatic rings. The molecule has 0 heterocycles. The number of allylic oxidation sites excluding steroid dienone is 16. The Balaban J connectivity index is 4.77. The fourth-order valence-electron chi connectivity index (χ4n) is 7.53. The Morgan fingerprint density at radius 3 is 1.16 bits per heavy atom. The van der Waals surface area contributed by atoms with E-state index in [1.54, 1.807) is 0 Å². The van der Waals surface area contributed by atoms with Crippen LogP contribution in [0.15, 0.2) is 97.2 Å². The molecule has 12 heteroatoms. The molecule has 0 rings (SSSR count). The fraction of sp³-hybridized carbons (Fsp3) is 0.694. The summed E-state index contributed by atoms with van der Waals surface area (Å²) in [5.74, 6) is -1.53. The Labute approximate surface area is 451 Å². The third-order valence-electron chi connectivity index (χ3n) is 11.9. The number of carbonyl (C=O) groups is 3. The van der Waals surface area contributed by atoms with Crippen LogP contribution in [0.1, 0.15) is 239 Å². The highest BCUT2D eigenvalue weighted by atomic mass is 31.2. The molecule has 0 aromatic carbocycles. The minimum atomic E-state index is -4.77. The van der Waals surface area contributed by atoms with Crippen LogP contribution in [-0.4, -0.2) is 66.5 Å². The second kappa shape index (κ2) is 55.6. The Hall–Kier alpha value is -3.60. The van der Waals surface area contributed by atoms with Crippen molar-refractivity contribution >= 4 is 25.7 Å². The maximum absolute atomic E-state index is 12.9. The highest BCUT2D eigenvalue weighted by molar-refractivity contribution is 7.47. The topological polar surface area (TPSA) is 155 Å². The van der Waals surface area contributed by atoms with Crippen LogP contribution in [0, 0.1) is 0 Å². The van der Waals surface area contributed by atoms with Crippen molar-refractivity contribution in [3.8, 4) is 0 Å². The van der Waals surface area contributed by atoms with E-state index in [0.717, 1.165) is 116 Å². The summed E-state index contributed by atoms with van der Waals surface area (Å²) in [6.45, 7) is 4.37. The summed E-state index contributed by atoms with van der Waals surface area (Å²) >= 11 is 0. The average molecular weight is 1060 g/mol. The molecule has 0 spiro atoms. The van der Waals surface area contributed by atoms with Crippen LogP contribution in [0.2, 0.25) is 0 Å². The minimum Gasteiger partial charge on any atom is -0.462 e. The van der Waals surface area contributed by atoms with E-state index >= 15 is 0 Å². The van der Waals surface area contributed by atoms with Gasteiger partial charge in [0.2, 0.25) is 0 Å². The normalized spacial score (nSPS) is 14.1. The van der Waals surface area contributed by atoms with Crippen molar-refractivity contribution in [2.45, 2.75) is 251 Å². The Bertz CT molecular complexity index is 1610. The average Bonchev–Trinajstić information content (AvgIpc) is 3.39. The lowest BCUT2D eigenvalue weighted by molar-refractivity contribution is -0.161. The summed E-state index contributed by atoms with van der Waals surface area (Å²) in [5, 5.41) is 9.81. The second-order valence-electron chi connectivity index (χ2n) is 19.1. The van der Waals surface area contributed by atoms with Crippen LogP contribution >= 0.6 is 7.82 Å². The lowest BCUT2D eigenvalue weighted by Gasteiger charge is -2.21. The van der Waals surface area contributed by atoms with Gasteiger partial charge in [-0.3, -0.25) is 23.4 Å². The first-order chi connectivity index (χ1) is 36.2. The summed E-state index contributed by atoms with van der Waals surface area (Å²) in [6.07, 6.45) is 65.1. The first kappa shape index (κ1) is 70.4. The Morgan fingerprint density at radius 2 is 0.730 bits per heavy atom. The molecule has 3 atom stereocenters. The monoisotopic (exact) mass is 1060 g/mol. The molecule has 0 aromatic rings. The highest BCUT2D eigenvalue weighted by Gasteiger charge is 2.28. The number of esters is 3. The van der Waals surface area contributed by atoms with E-state index in [2.05, 4.69) is 118 Å². The molecule has 424 valence electrons. The Kier molecular flexibility index (Phi) is 52.9. The van der Waals surface area contributed by atoms with E-state index in [1.165, 1.54) is 64.2 Å². The number of rotatable bonds is 53. The zero-order valence-corrected chi connectivity index (χ0v) is 47.7. The van der Waals surface area contributed by atoms with Gasteiger partial charge in [-0.2, -0.15) is 0 Å². The van der Waals surface area contributed by atoms with Gasteiger partial charge in [-0.25, -0.2) is 4.57 Å².